The molecule has 2 aromatic heterocycles. The largest absolute Gasteiger partial charge is 0.460 e. The Morgan fingerprint density at radius 1 is 1.19 bits per heavy atom. The molecule has 0 unspecified atom stereocenters. The Kier molecular flexibility index (Phi) is 4.86. The number of benzene rings is 1. The molecule has 1 aliphatic heterocycles. The lowest BCUT2D eigenvalue weighted by molar-refractivity contribution is 0.257. The van der Waals surface area contributed by atoms with Crippen molar-refractivity contribution in [3.8, 4) is 0 Å². The molecular formula is C20H24N4O2. The Bertz CT molecular complexity index is 873. The van der Waals surface area contributed by atoms with E-state index < -0.39 is 0 Å². The van der Waals surface area contributed by atoms with Gasteiger partial charge in [-0.15, -0.1) is 0 Å². The Labute approximate surface area is 152 Å². The standard InChI is InChI=1S/C20H24N4O2/c1-14-22-18-7-10-24(9-6-17(18)20(23-14)21-8-11-25)13-16-12-15-4-2-3-5-19(15)26-16/h2-5,12,25H,6-11,13H2,1H3,(H,21,22,23). The molecule has 0 spiro atoms. The molecular weight excluding hydrogens is 328 g/mol. The number of aliphatic hydroxyl groups is 1. The molecule has 0 atom stereocenters. The van der Waals surface area contributed by atoms with Crippen LogP contribution in [0.25, 0.3) is 11.0 Å². The van der Waals surface area contributed by atoms with Gasteiger partial charge in [0, 0.05) is 37.0 Å². The van der Waals surface area contributed by atoms with Crippen molar-refractivity contribution in [3.05, 3.63) is 53.2 Å². The Balaban J connectivity index is 1.50. The lowest BCUT2D eigenvalue weighted by Gasteiger charge is -2.17. The Hall–Kier alpha value is -2.44. The highest BCUT2D eigenvalue weighted by Gasteiger charge is 2.20. The monoisotopic (exact) mass is 352 g/mol. The second-order valence-corrected chi connectivity index (χ2v) is 6.72. The molecule has 0 radical (unpaired) electrons. The SMILES string of the molecule is Cc1nc2c(c(NCCO)n1)CCN(Cc1cc3ccccc3o1)CC2. The Morgan fingerprint density at radius 3 is 2.88 bits per heavy atom. The van der Waals surface area contributed by atoms with Crippen molar-refractivity contribution in [1.29, 1.82) is 0 Å². The summed E-state index contributed by atoms with van der Waals surface area (Å²) >= 11 is 0. The van der Waals surface area contributed by atoms with E-state index in [9.17, 15) is 0 Å². The summed E-state index contributed by atoms with van der Waals surface area (Å²) in [4.78, 5) is 11.6. The average molecular weight is 352 g/mol. The van der Waals surface area contributed by atoms with Crippen molar-refractivity contribution in [3.63, 3.8) is 0 Å². The zero-order valence-electron chi connectivity index (χ0n) is 15.0. The summed E-state index contributed by atoms with van der Waals surface area (Å²) in [5.41, 5.74) is 3.23. The Morgan fingerprint density at radius 2 is 2.04 bits per heavy atom. The first-order valence-electron chi connectivity index (χ1n) is 9.14. The molecule has 4 rings (SSSR count). The maximum absolute atomic E-state index is 9.10. The molecule has 6 heteroatoms. The number of nitrogens with one attached hydrogen (secondary N) is 1. The van der Waals surface area contributed by atoms with Crippen LogP contribution in [-0.2, 0) is 19.4 Å². The van der Waals surface area contributed by atoms with Gasteiger partial charge in [0.1, 0.15) is 23.0 Å². The smallest absolute Gasteiger partial charge is 0.134 e. The highest BCUT2D eigenvalue weighted by Crippen LogP contribution is 2.24. The predicted octanol–water partition coefficient (Wildman–Crippen LogP) is 2.54. The van der Waals surface area contributed by atoms with Gasteiger partial charge in [-0.1, -0.05) is 18.2 Å². The van der Waals surface area contributed by atoms with Crippen LogP contribution in [-0.4, -0.2) is 46.2 Å². The normalized spacial score (nSPS) is 15.0. The summed E-state index contributed by atoms with van der Waals surface area (Å²) in [6.45, 7) is 5.20. The number of aliphatic hydroxyl groups excluding tert-OH is 1. The van der Waals surface area contributed by atoms with Crippen LogP contribution in [0.3, 0.4) is 0 Å². The van der Waals surface area contributed by atoms with E-state index in [1.807, 2.05) is 25.1 Å². The number of rotatable bonds is 5. The summed E-state index contributed by atoms with van der Waals surface area (Å²) in [7, 11) is 0. The number of anilines is 1. The number of nitrogens with zero attached hydrogens (tertiary/aromatic N) is 3. The molecule has 0 aliphatic carbocycles. The van der Waals surface area contributed by atoms with Gasteiger partial charge in [-0.05, 0) is 25.5 Å². The minimum Gasteiger partial charge on any atom is -0.460 e. The maximum atomic E-state index is 9.10. The molecule has 0 saturated carbocycles. The van der Waals surface area contributed by atoms with Crippen LogP contribution in [0.4, 0.5) is 5.82 Å². The van der Waals surface area contributed by atoms with E-state index in [0.717, 1.165) is 66.5 Å². The molecule has 0 amide bonds. The van der Waals surface area contributed by atoms with E-state index in [1.165, 1.54) is 5.56 Å². The first-order chi connectivity index (χ1) is 12.7. The van der Waals surface area contributed by atoms with Crippen LogP contribution < -0.4 is 5.32 Å². The van der Waals surface area contributed by atoms with Crippen LogP contribution in [0.15, 0.2) is 34.7 Å². The lowest BCUT2D eigenvalue weighted by atomic mass is 10.1. The second-order valence-electron chi connectivity index (χ2n) is 6.72. The highest BCUT2D eigenvalue weighted by atomic mass is 16.3. The van der Waals surface area contributed by atoms with Gasteiger partial charge in [0.2, 0.25) is 0 Å². The maximum Gasteiger partial charge on any atom is 0.134 e. The summed E-state index contributed by atoms with van der Waals surface area (Å²) < 4.78 is 5.97. The van der Waals surface area contributed by atoms with Crippen molar-refractivity contribution < 1.29 is 9.52 Å². The van der Waals surface area contributed by atoms with E-state index in [0.29, 0.717) is 6.54 Å². The van der Waals surface area contributed by atoms with E-state index in [2.05, 4.69) is 32.3 Å². The fraction of sp³-hybridized carbons (Fsp3) is 0.400. The molecule has 3 heterocycles. The number of fused-ring (bicyclic) bond motifs is 2. The van der Waals surface area contributed by atoms with Crippen LogP contribution in [0, 0.1) is 6.92 Å². The third kappa shape index (κ3) is 3.57. The van der Waals surface area contributed by atoms with Crippen molar-refractivity contribution in [2.24, 2.45) is 0 Å². The van der Waals surface area contributed by atoms with E-state index in [4.69, 9.17) is 9.52 Å². The van der Waals surface area contributed by atoms with E-state index in [-0.39, 0.29) is 6.61 Å². The molecule has 136 valence electrons. The first-order valence-corrected chi connectivity index (χ1v) is 9.14. The van der Waals surface area contributed by atoms with Gasteiger partial charge in [0.25, 0.3) is 0 Å². The lowest BCUT2D eigenvalue weighted by Crippen LogP contribution is -2.25. The number of aryl methyl sites for hydroxylation is 1. The zero-order valence-corrected chi connectivity index (χ0v) is 15.0. The fourth-order valence-corrected chi connectivity index (χ4v) is 3.58. The number of aromatic nitrogens is 2. The van der Waals surface area contributed by atoms with E-state index >= 15 is 0 Å². The first kappa shape index (κ1) is 17.0. The third-order valence-electron chi connectivity index (χ3n) is 4.81. The van der Waals surface area contributed by atoms with E-state index in [1.54, 1.807) is 0 Å². The number of furan rings is 1. The highest BCUT2D eigenvalue weighted by molar-refractivity contribution is 5.77. The van der Waals surface area contributed by atoms with Crippen molar-refractivity contribution >= 4 is 16.8 Å². The molecule has 0 fully saturated rings. The topological polar surface area (TPSA) is 74.4 Å². The molecule has 6 nitrogen and oxygen atoms in total. The molecule has 26 heavy (non-hydrogen) atoms. The van der Waals surface area contributed by atoms with Gasteiger partial charge in [-0.25, -0.2) is 9.97 Å². The quantitative estimate of drug-likeness (QED) is 0.735. The minimum absolute atomic E-state index is 0.0933. The summed E-state index contributed by atoms with van der Waals surface area (Å²) in [6, 6.07) is 10.3. The molecule has 3 aromatic rings. The zero-order chi connectivity index (χ0) is 17.9. The van der Waals surface area contributed by atoms with Gasteiger partial charge in [-0.2, -0.15) is 0 Å². The van der Waals surface area contributed by atoms with Crippen LogP contribution in [0.5, 0.6) is 0 Å². The fourth-order valence-electron chi connectivity index (χ4n) is 3.58. The van der Waals surface area contributed by atoms with Gasteiger partial charge < -0.3 is 14.8 Å². The molecule has 0 saturated heterocycles. The third-order valence-corrected chi connectivity index (χ3v) is 4.81. The van der Waals surface area contributed by atoms with Crippen molar-refractivity contribution in [2.45, 2.75) is 26.3 Å². The van der Waals surface area contributed by atoms with Gasteiger partial charge in [0.05, 0.1) is 18.8 Å². The second kappa shape index (κ2) is 7.43. The summed E-state index contributed by atoms with van der Waals surface area (Å²) in [6.07, 6.45) is 1.79. The average Bonchev–Trinajstić information content (AvgIpc) is 2.94. The number of para-hydroxylation sites is 1. The van der Waals surface area contributed by atoms with Crippen molar-refractivity contribution in [2.75, 3.05) is 31.6 Å². The van der Waals surface area contributed by atoms with Gasteiger partial charge >= 0.3 is 0 Å². The predicted molar refractivity (Wildman–Crippen MR) is 101 cm³/mol. The summed E-state index contributed by atoms with van der Waals surface area (Å²) in [5, 5.41) is 13.5. The van der Waals surface area contributed by atoms with Crippen LogP contribution >= 0.6 is 0 Å². The number of hydrogen-bond acceptors (Lipinski definition) is 6. The minimum atomic E-state index is 0.0933. The number of hydrogen-bond donors (Lipinski definition) is 2. The van der Waals surface area contributed by atoms with Gasteiger partial charge in [-0.3, -0.25) is 4.90 Å². The molecule has 0 bridgehead atoms. The molecule has 1 aromatic carbocycles. The molecule has 2 N–H and O–H groups in total. The van der Waals surface area contributed by atoms with Gasteiger partial charge in [0.15, 0.2) is 0 Å². The summed E-state index contributed by atoms with van der Waals surface area (Å²) in [5.74, 6) is 2.64. The van der Waals surface area contributed by atoms with Crippen molar-refractivity contribution in [1.82, 2.24) is 14.9 Å². The van der Waals surface area contributed by atoms with Crippen LogP contribution in [0.2, 0.25) is 0 Å². The van der Waals surface area contributed by atoms with Crippen LogP contribution in [0.1, 0.15) is 22.8 Å². The molecule has 1 aliphatic rings.